The second-order valence-corrected chi connectivity index (χ2v) is 8.62. The number of halogens is 1. The molecule has 2 fully saturated rings. The van der Waals surface area contributed by atoms with Crippen molar-refractivity contribution in [1.29, 1.82) is 0 Å². The van der Waals surface area contributed by atoms with Crippen LogP contribution in [0.4, 0.5) is 11.4 Å². The molecule has 9 nitrogen and oxygen atoms in total. The minimum Gasteiger partial charge on any atom is -0.366 e. The van der Waals surface area contributed by atoms with Crippen LogP contribution >= 0.6 is 12.4 Å². The Hall–Kier alpha value is -1.37. The number of benzene rings is 1. The van der Waals surface area contributed by atoms with Gasteiger partial charge >= 0.3 is 0 Å². The maximum Gasteiger partial charge on any atom is 0.253 e. The first-order valence-corrected chi connectivity index (χ1v) is 10.6. The second kappa shape index (κ2) is 8.33. The minimum absolute atomic E-state index is 0. The molecule has 0 radical (unpaired) electrons. The minimum atomic E-state index is -3.68. The fourth-order valence-electron chi connectivity index (χ4n) is 3.21. The highest BCUT2D eigenvalue weighted by molar-refractivity contribution is 7.89. The third-order valence-electron chi connectivity index (χ3n) is 4.62. The fraction of sp³-hybridized carbons (Fsp3) is 0.533. The summed E-state index contributed by atoms with van der Waals surface area (Å²) in [6, 6.07) is 4.97. The van der Waals surface area contributed by atoms with Gasteiger partial charge in [-0.1, -0.05) is 6.07 Å². The number of piperazine rings is 1. The average Bonchev–Trinajstić information content (AvgIpc) is 3.17. The standard InChI is InChI=1S/C15H19N5O4S2.ClH/c21-15(12-10-16-4-9-24-12)19-5-7-20(8-6-19)26(22,23)13-3-1-2-11-14(13)18-25-17-11;/h1-3,12,16H,4-10H2;1H. The number of nitrogens with one attached hydrogen (secondary N) is 1. The molecule has 0 spiro atoms. The lowest BCUT2D eigenvalue weighted by molar-refractivity contribution is -0.146. The molecule has 148 valence electrons. The Balaban J connectivity index is 0.00000210. The van der Waals surface area contributed by atoms with Gasteiger partial charge in [0.15, 0.2) is 0 Å². The Kier molecular flexibility index (Phi) is 6.28. The van der Waals surface area contributed by atoms with E-state index >= 15 is 0 Å². The first kappa shape index (κ1) is 20.4. The molecule has 1 amide bonds. The summed E-state index contributed by atoms with van der Waals surface area (Å²) in [6.45, 7) is 2.95. The number of carbonyl (C=O) groups excluding carboxylic acids is 1. The molecule has 3 aliphatic rings. The number of morpholine rings is 1. The molecule has 1 aromatic rings. The Morgan fingerprint density at radius 3 is 2.70 bits per heavy atom. The van der Waals surface area contributed by atoms with Crippen LogP contribution in [0.25, 0.3) is 0 Å². The lowest BCUT2D eigenvalue weighted by Crippen LogP contribution is -2.55. The SMILES string of the molecule is Cl.O=C(C1CNCCO1)N1CCN(S(=O)(=O)c2cccc3c2N=S=N3)CC1. The molecule has 27 heavy (non-hydrogen) atoms. The van der Waals surface area contributed by atoms with Crippen molar-refractivity contribution >= 4 is 51.1 Å². The van der Waals surface area contributed by atoms with Crippen LogP contribution in [0.15, 0.2) is 31.8 Å². The van der Waals surface area contributed by atoms with Crippen LogP contribution in [0, 0.1) is 0 Å². The van der Waals surface area contributed by atoms with Gasteiger partial charge in [0, 0.05) is 39.3 Å². The van der Waals surface area contributed by atoms with Crippen LogP contribution in [-0.2, 0) is 30.9 Å². The largest absolute Gasteiger partial charge is 0.366 e. The predicted molar refractivity (Wildman–Crippen MR) is 103 cm³/mol. The molecule has 3 aliphatic heterocycles. The zero-order valence-electron chi connectivity index (χ0n) is 14.4. The van der Waals surface area contributed by atoms with Crippen molar-refractivity contribution in [3.63, 3.8) is 0 Å². The molecule has 0 saturated carbocycles. The van der Waals surface area contributed by atoms with Crippen LogP contribution in [-0.4, -0.2) is 75.5 Å². The number of rotatable bonds is 3. The van der Waals surface area contributed by atoms with Gasteiger partial charge in [0.05, 0.1) is 18.0 Å². The van der Waals surface area contributed by atoms with Crippen molar-refractivity contribution in [2.75, 3.05) is 45.9 Å². The van der Waals surface area contributed by atoms with Gasteiger partial charge in [-0.2, -0.15) is 13.0 Å². The van der Waals surface area contributed by atoms with Gasteiger partial charge in [-0.25, -0.2) is 8.42 Å². The van der Waals surface area contributed by atoms with E-state index in [1.54, 1.807) is 23.1 Å². The number of hydrogen-bond donors (Lipinski definition) is 1. The van der Waals surface area contributed by atoms with E-state index in [1.165, 1.54) is 4.31 Å². The van der Waals surface area contributed by atoms with Crippen LogP contribution in [0.2, 0.25) is 0 Å². The Labute approximate surface area is 167 Å². The van der Waals surface area contributed by atoms with E-state index in [9.17, 15) is 13.2 Å². The zero-order chi connectivity index (χ0) is 18.1. The van der Waals surface area contributed by atoms with Gasteiger partial charge in [0.25, 0.3) is 5.91 Å². The van der Waals surface area contributed by atoms with E-state index in [4.69, 9.17) is 4.74 Å². The average molecular weight is 434 g/mol. The van der Waals surface area contributed by atoms with Crippen molar-refractivity contribution in [1.82, 2.24) is 14.5 Å². The van der Waals surface area contributed by atoms with E-state index in [0.29, 0.717) is 37.6 Å². The summed E-state index contributed by atoms with van der Waals surface area (Å²) >= 11 is 0.994. The monoisotopic (exact) mass is 433 g/mol. The van der Waals surface area contributed by atoms with Crippen LogP contribution in [0.5, 0.6) is 0 Å². The van der Waals surface area contributed by atoms with Gasteiger partial charge in [0.2, 0.25) is 10.0 Å². The summed E-state index contributed by atoms with van der Waals surface area (Å²) in [5.74, 6) is -0.0833. The van der Waals surface area contributed by atoms with Crippen molar-refractivity contribution in [2.24, 2.45) is 8.73 Å². The van der Waals surface area contributed by atoms with Crippen LogP contribution in [0.3, 0.4) is 0 Å². The Bertz CT molecular complexity index is 889. The van der Waals surface area contributed by atoms with Crippen molar-refractivity contribution < 1.29 is 17.9 Å². The molecule has 0 bridgehead atoms. The van der Waals surface area contributed by atoms with Crippen molar-refractivity contribution in [2.45, 2.75) is 11.0 Å². The summed E-state index contributed by atoms with van der Waals surface area (Å²) < 4.78 is 41.1. The molecule has 1 N–H and O–H groups in total. The summed E-state index contributed by atoms with van der Waals surface area (Å²) in [5, 5.41) is 3.13. The zero-order valence-corrected chi connectivity index (χ0v) is 16.9. The van der Waals surface area contributed by atoms with Gasteiger partial charge in [-0.15, -0.1) is 12.4 Å². The predicted octanol–water partition coefficient (Wildman–Crippen LogP) is 0.656. The first-order chi connectivity index (χ1) is 12.6. The first-order valence-electron chi connectivity index (χ1n) is 8.40. The highest BCUT2D eigenvalue weighted by Gasteiger charge is 2.35. The summed E-state index contributed by atoms with van der Waals surface area (Å²) in [6.07, 6.45) is -0.485. The fourth-order valence-corrected chi connectivity index (χ4v) is 5.38. The Morgan fingerprint density at radius 2 is 2.00 bits per heavy atom. The summed E-state index contributed by atoms with van der Waals surface area (Å²) in [4.78, 5) is 14.3. The number of amides is 1. The lowest BCUT2D eigenvalue weighted by atomic mass is 10.2. The molecular formula is C15H20ClN5O4S2. The lowest BCUT2D eigenvalue weighted by Gasteiger charge is -2.36. The quantitative estimate of drug-likeness (QED) is 0.765. The third kappa shape index (κ3) is 3.93. The number of nitrogens with zero attached hydrogens (tertiary/aromatic N) is 4. The van der Waals surface area contributed by atoms with Crippen LogP contribution in [0.1, 0.15) is 0 Å². The second-order valence-electron chi connectivity index (χ2n) is 6.18. The number of hydrogen-bond acceptors (Lipinski definition) is 7. The van der Waals surface area contributed by atoms with Crippen LogP contribution < -0.4 is 5.32 Å². The topological polar surface area (TPSA) is 104 Å². The molecule has 3 heterocycles. The van der Waals surface area contributed by atoms with Gasteiger partial charge in [-0.05, 0) is 12.1 Å². The maximum atomic E-state index is 13.0. The highest BCUT2D eigenvalue weighted by Crippen LogP contribution is 2.38. The van der Waals surface area contributed by atoms with Gasteiger partial charge in [0.1, 0.15) is 22.4 Å². The molecule has 1 aromatic carbocycles. The summed E-state index contributed by atoms with van der Waals surface area (Å²) in [5.41, 5.74) is 0.976. The van der Waals surface area contributed by atoms with E-state index in [2.05, 4.69) is 14.0 Å². The molecule has 12 heteroatoms. The molecule has 1 unspecified atom stereocenters. The maximum absolute atomic E-state index is 13.0. The highest BCUT2D eigenvalue weighted by atomic mass is 35.5. The van der Waals surface area contributed by atoms with Gasteiger partial charge in [-0.3, -0.25) is 4.79 Å². The number of ether oxygens (including phenoxy) is 1. The smallest absolute Gasteiger partial charge is 0.253 e. The Morgan fingerprint density at radius 1 is 1.22 bits per heavy atom. The number of fused-ring (bicyclic) bond motifs is 1. The van der Waals surface area contributed by atoms with E-state index in [-0.39, 0.29) is 36.3 Å². The molecule has 0 aromatic heterocycles. The normalized spacial score (nSPS) is 22.7. The third-order valence-corrected chi connectivity index (χ3v) is 7.09. The van der Waals surface area contributed by atoms with Gasteiger partial charge < -0.3 is 15.0 Å². The van der Waals surface area contributed by atoms with E-state index in [0.717, 1.165) is 17.9 Å². The van der Waals surface area contributed by atoms with Crippen molar-refractivity contribution in [3.8, 4) is 0 Å². The van der Waals surface area contributed by atoms with Crippen molar-refractivity contribution in [3.05, 3.63) is 18.2 Å². The van der Waals surface area contributed by atoms with E-state index in [1.807, 2.05) is 0 Å². The summed E-state index contributed by atoms with van der Waals surface area (Å²) in [7, 11) is -3.68. The van der Waals surface area contributed by atoms with E-state index < -0.39 is 16.1 Å². The molecule has 1 atom stereocenters. The molecule has 4 rings (SSSR count). The number of carbonyl (C=O) groups is 1. The number of sulfonamides is 1. The molecule has 2 saturated heterocycles. The molecular weight excluding hydrogens is 414 g/mol. The molecule has 0 aliphatic carbocycles.